The number of rotatable bonds is 1. The Morgan fingerprint density at radius 2 is 1.38 bits per heavy atom. The number of nitrogens with zero attached hydrogens (tertiary/aromatic N) is 2. The standard InChI is InChI=1S/C40H30N2/c1-39(2)33-15-7-8-16-35(33)40(31-13-5-3-11-29(31)30-12-4-6-14-32(30)40)36-23-26(19-20-34(36)39)28-22-27-18-17-25-10-9-21-41-37(25)38(27)42-24-28/h3-5,7-13,15-24H,6,14H2,1-2H3. The van der Waals surface area contributed by atoms with Crippen LogP contribution in [0.1, 0.15) is 60.1 Å². The van der Waals surface area contributed by atoms with Crippen molar-refractivity contribution in [1.29, 1.82) is 0 Å². The molecule has 3 aliphatic carbocycles. The molecule has 2 heterocycles. The van der Waals surface area contributed by atoms with Crippen molar-refractivity contribution in [3.63, 3.8) is 0 Å². The third kappa shape index (κ3) is 2.94. The minimum absolute atomic E-state index is 0.120. The zero-order valence-corrected chi connectivity index (χ0v) is 23.9. The van der Waals surface area contributed by atoms with Crippen molar-refractivity contribution in [2.75, 3.05) is 0 Å². The minimum Gasteiger partial charge on any atom is -0.254 e. The van der Waals surface area contributed by atoms with Gasteiger partial charge in [0.25, 0.3) is 0 Å². The average Bonchev–Trinajstić information content (AvgIpc) is 3.34. The fourth-order valence-electron chi connectivity index (χ4n) is 8.25. The van der Waals surface area contributed by atoms with E-state index in [1.165, 1.54) is 44.5 Å². The number of fused-ring (bicyclic) bond motifs is 11. The van der Waals surface area contributed by atoms with E-state index in [4.69, 9.17) is 4.98 Å². The molecular formula is C40H30N2. The fraction of sp³-hybridized carbons (Fsp3) is 0.150. The maximum Gasteiger partial charge on any atom is 0.0964 e. The van der Waals surface area contributed by atoms with E-state index in [0.29, 0.717) is 0 Å². The van der Waals surface area contributed by atoms with Gasteiger partial charge in [-0.2, -0.15) is 0 Å². The molecule has 42 heavy (non-hydrogen) atoms. The monoisotopic (exact) mass is 538 g/mol. The number of allylic oxidation sites excluding steroid dienone is 4. The maximum atomic E-state index is 4.97. The largest absolute Gasteiger partial charge is 0.254 e. The average molecular weight is 539 g/mol. The molecule has 0 bridgehead atoms. The second kappa shape index (κ2) is 8.36. The van der Waals surface area contributed by atoms with Crippen molar-refractivity contribution in [2.45, 2.75) is 37.5 Å². The molecule has 0 fully saturated rings. The van der Waals surface area contributed by atoms with Gasteiger partial charge in [-0.1, -0.05) is 105 Å². The van der Waals surface area contributed by atoms with Gasteiger partial charge >= 0.3 is 0 Å². The van der Waals surface area contributed by atoms with Gasteiger partial charge in [0, 0.05) is 34.1 Å². The van der Waals surface area contributed by atoms with Gasteiger partial charge in [-0.15, -0.1) is 0 Å². The lowest BCUT2D eigenvalue weighted by atomic mass is 9.54. The lowest BCUT2D eigenvalue weighted by molar-refractivity contribution is 0.550. The number of hydrogen-bond acceptors (Lipinski definition) is 2. The highest BCUT2D eigenvalue weighted by Crippen LogP contribution is 2.63. The van der Waals surface area contributed by atoms with E-state index in [1.807, 2.05) is 18.5 Å². The Bertz CT molecular complexity index is 2180. The maximum absolute atomic E-state index is 4.97. The zero-order valence-electron chi connectivity index (χ0n) is 23.9. The van der Waals surface area contributed by atoms with Crippen molar-refractivity contribution in [2.24, 2.45) is 0 Å². The fourth-order valence-corrected chi connectivity index (χ4v) is 8.25. The first-order valence-electron chi connectivity index (χ1n) is 15.0. The van der Waals surface area contributed by atoms with Gasteiger partial charge in [-0.3, -0.25) is 9.97 Å². The summed E-state index contributed by atoms with van der Waals surface area (Å²) in [5.74, 6) is 0. The summed E-state index contributed by atoms with van der Waals surface area (Å²) in [7, 11) is 0. The highest BCUT2D eigenvalue weighted by molar-refractivity contribution is 6.03. The topological polar surface area (TPSA) is 25.8 Å². The van der Waals surface area contributed by atoms with E-state index in [1.54, 1.807) is 5.57 Å². The Morgan fingerprint density at radius 1 is 0.619 bits per heavy atom. The third-order valence-corrected chi connectivity index (χ3v) is 10.1. The van der Waals surface area contributed by atoms with E-state index in [2.05, 4.69) is 122 Å². The molecule has 1 atom stereocenters. The molecule has 1 spiro atoms. The molecule has 2 heteroatoms. The molecule has 0 N–H and O–H groups in total. The highest BCUT2D eigenvalue weighted by atomic mass is 14.7. The Labute approximate surface area is 246 Å². The van der Waals surface area contributed by atoms with E-state index in [-0.39, 0.29) is 10.8 Å². The van der Waals surface area contributed by atoms with Crippen molar-refractivity contribution < 1.29 is 0 Å². The summed E-state index contributed by atoms with van der Waals surface area (Å²) in [6.07, 6.45) is 10.8. The zero-order chi connectivity index (χ0) is 28.1. The predicted molar refractivity (Wildman–Crippen MR) is 173 cm³/mol. The normalized spacial score (nSPS) is 19.6. The van der Waals surface area contributed by atoms with Gasteiger partial charge in [0.05, 0.1) is 16.4 Å². The van der Waals surface area contributed by atoms with Crippen LogP contribution in [0.4, 0.5) is 0 Å². The molecule has 2 nitrogen and oxygen atoms in total. The van der Waals surface area contributed by atoms with Crippen LogP contribution in [-0.2, 0) is 10.8 Å². The van der Waals surface area contributed by atoms with Crippen LogP contribution in [0.3, 0.4) is 0 Å². The van der Waals surface area contributed by atoms with Crippen molar-refractivity contribution in [3.05, 3.63) is 161 Å². The minimum atomic E-state index is -0.307. The molecule has 9 rings (SSSR count). The van der Waals surface area contributed by atoms with Crippen LogP contribution in [0.15, 0.2) is 127 Å². The Morgan fingerprint density at radius 3 is 2.29 bits per heavy atom. The van der Waals surface area contributed by atoms with Crippen molar-refractivity contribution in [1.82, 2.24) is 9.97 Å². The molecular weight excluding hydrogens is 508 g/mol. The van der Waals surface area contributed by atoms with Crippen molar-refractivity contribution in [3.8, 4) is 11.1 Å². The summed E-state index contributed by atoms with van der Waals surface area (Å²) in [5, 5.41) is 2.23. The first kappa shape index (κ1) is 23.8. The summed E-state index contributed by atoms with van der Waals surface area (Å²) in [4.78, 5) is 9.61. The van der Waals surface area contributed by atoms with Crippen LogP contribution in [0, 0.1) is 0 Å². The van der Waals surface area contributed by atoms with Crippen LogP contribution < -0.4 is 0 Å². The van der Waals surface area contributed by atoms with Gasteiger partial charge in [0.1, 0.15) is 0 Å². The molecule has 6 aromatic rings. The van der Waals surface area contributed by atoms with Crippen molar-refractivity contribution >= 4 is 27.4 Å². The number of aromatic nitrogens is 2. The lowest BCUT2D eigenvalue weighted by Gasteiger charge is -2.48. The molecule has 0 saturated heterocycles. The summed E-state index contributed by atoms with van der Waals surface area (Å²) in [6.45, 7) is 4.79. The Hall–Kier alpha value is -4.82. The third-order valence-electron chi connectivity index (χ3n) is 10.1. The first-order chi connectivity index (χ1) is 20.6. The van der Waals surface area contributed by atoms with Gasteiger partial charge in [0.2, 0.25) is 0 Å². The van der Waals surface area contributed by atoms with Gasteiger partial charge in [0.15, 0.2) is 0 Å². The number of pyridine rings is 2. The van der Waals surface area contributed by atoms with Gasteiger partial charge in [-0.05, 0) is 81.1 Å². The molecule has 0 radical (unpaired) electrons. The second-order valence-corrected chi connectivity index (χ2v) is 12.5. The van der Waals surface area contributed by atoms with Crippen LogP contribution in [0.25, 0.3) is 38.5 Å². The predicted octanol–water partition coefficient (Wildman–Crippen LogP) is 9.54. The smallest absolute Gasteiger partial charge is 0.0964 e. The highest BCUT2D eigenvalue weighted by Gasteiger charge is 2.54. The summed E-state index contributed by atoms with van der Waals surface area (Å²) >= 11 is 0. The molecule has 2 aromatic heterocycles. The summed E-state index contributed by atoms with van der Waals surface area (Å²) < 4.78 is 0. The number of hydrogen-bond donors (Lipinski definition) is 0. The van der Waals surface area contributed by atoms with E-state index < -0.39 is 0 Å². The molecule has 3 aliphatic rings. The van der Waals surface area contributed by atoms with Crippen LogP contribution in [0.5, 0.6) is 0 Å². The quantitative estimate of drug-likeness (QED) is 0.195. The Kier molecular flexibility index (Phi) is 4.75. The SMILES string of the molecule is CC1(C)c2ccccc2C2(C3=C(C=CCC3)c3ccccc32)c2cc(-c3cnc4c(ccc5cccnc54)c3)ccc21. The summed E-state index contributed by atoms with van der Waals surface area (Å²) in [5.41, 5.74) is 15.2. The molecule has 200 valence electrons. The number of benzene rings is 4. The van der Waals surface area contributed by atoms with Crippen LogP contribution in [-0.4, -0.2) is 9.97 Å². The molecule has 0 aliphatic heterocycles. The first-order valence-corrected chi connectivity index (χ1v) is 15.0. The van der Waals surface area contributed by atoms with E-state index >= 15 is 0 Å². The second-order valence-electron chi connectivity index (χ2n) is 12.5. The van der Waals surface area contributed by atoms with E-state index in [0.717, 1.165) is 40.2 Å². The molecule has 0 amide bonds. The van der Waals surface area contributed by atoms with Crippen LogP contribution in [0.2, 0.25) is 0 Å². The Balaban J connectivity index is 1.35. The van der Waals surface area contributed by atoms with Crippen LogP contribution >= 0.6 is 0 Å². The molecule has 1 unspecified atom stereocenters. The summed E-state index contributed by atoms with van der Waals surface area (Å²) in [6, 6.07) is 36.2. The van der Waals surface area contributed by atoms with Gasteiger partial charge in [-0.25, -0.2) is 0 Å². The van der Waals surface area contributed by atoms with Gasteiger partial charge < -0.3 is 0 Å². The molecule has 0 saturated carbocycles. The van der Waals surface area contributed by atoms with E-state index in [9.17, 15) is 0 Å². The molecule has 4 aromatic carbocycles. The lowest BCUT2D eigenvalue weighted by Crippen LogP contribution is -2.41.